The molecule has 2 aromatic carbocycles. The Labute approximate surface area is 193 Å². The minimum Gasteiger partial charge on any atom is -0.361 e. The second-order valence-electron chi connectivity index (χ2n) is 7.94. The molecule has 4 aromatic rings. The number of amides is 1. The minimum atomic E-state index is -0.0496. The van der Waals surface area contributed by atoms with Gasteiger partial charge in [0.05, 0.1) is 12.5 Å². The van der Waals surface area contributed by atoms with Gasteiger partial charge in [0.15, 0.2) is 0 Å². The Morgan fingerprint density at radius 2 is 1.97 bits per heavy atom. The van der Waals surface area contributed by atoms with Crippen LogP contribution < -0.4 is 0 Å². The summed E-state index contributed by atoms with van der Waals surface area (Å²) in [4.78, 5) is 14.3. The highest BCUT2D eigenvalue weighted by molar-refractivity contribution is 5.96. The lowest BCUT2D eigenvalue weighted by Gasteiger charge is -2.14. The van der Waals surface area contributed by atoms with Crippen LogP contribution in [0.3, 0.4) is 0 Å². The van der Waals surface area contributed by atoms with E-state index in [1.54, 1.807) is 18.0 Å². The van der Waals surface area contributed by atoms with Gasteiger partial charge >= 0.3 is 0 Å². The minimum absolute atomic E-state index is 0.0496. The van der Waals surface area contributed by atoms with E-state index in [4.69, 9.17) is 9.78 Å². The largest absolute Gasteiger partial charge is 0.361 e. The highest BCUT2D eigenvalue weighted by Crippen LogP contribution is 2.23. The van der Waals surface area contributed by atoms with Gasteiger partial charge in [-0.1, -0.05) is 53.7 Å². The van der Waals surface area contributed by atoms with Gasteiger partial charge in [-0.25, -0.2) is 0 Å². The summed E-state index contributed by atoms with van der Waals surface area (Å²) in [5, 5.41) is 14.1. The molecule has 166 valence electrons. The van der Waals surface area contributed by atoms with Crippen molar-refractivity contribution in [1.29, 1.82) is 5.26 Å². The quantitative estimate of drug-likeness (QED) is 0.332. The first kappa shape index (κ1) is 22.1. The van der Waals surface area contributed by atoms with Crippen molar-refractivity contribution in [2.45, 2.75) is 25.8 Å². The molecular weight excluding hydrogens is 412 g/mol. The fraction of sp³-hybridized carbons (Fsp3) is 0.222. The summed E-state index contributed by atoms with van der Waals surface area (Å²) >= 11 is 0. The average molecular weight is 439 g/mol. The standard InChI is InChI=1S/C27H26N4O2/c1-30(17-7-11-23-19-25(29-33-23)21-9-3-2-4-10-21)27(32)15-14-22-20-31(18-8-16-28)26-13-6-5-12-24(22)26/h2-6,9-10,12-15,19-20H,7-8,11,17-18H2,1H3/b15-14+. The second kappa shape index (κ2) is 10.5. The number of hydrogen-bond donors (Lipinski definition) is 0. The molecule has 6 nitrogen and oxygen atoms in total. The fourth-order valence-electron chi connectivity index (χ4n) is 3.83. The number of likely N-dealkylation sites (N-methyl/N-ethyl adjacent to an activating group) is 1. The van der Waals surface area contributed by atoms with Gasteiger partial charge < -0.3 is 14.0 Å². The molecule has 0 aliphatic rings. The van der Waals surface area contributed by atoms with Crippen LogP contribution in [0.2, 0.25) is 0 Å². The molecule has 0 aliphatic heterocycles. The number of carbonyl (C=O) groups excluding carboxylic acids is 1. The first-order valence-corrected chi connectivity index (χ1v) is 11.0. The number of rotatable bonds is 9. The highest BCUT2D eigenvalue weighted by Gasteiger charge is 2.10. The van der Waals surface area contributed by atoms with E-state index in [9.17, 15) is 4.79 Å². The number of para-hydroxylation sites is 1. The van der Waals surface area contributed by atoms with E-state index < -0.39 is 0 Å². The third kappa shape index (κ3) is 5.39. The fourth-order valence-corrected chi connectivity index (χ4v) is 3.83. The maximum Gasteiger partial charge on any atom is 0.246 e. The van der Waals surface area contributed by atoms with Crippen LogP contribution in [0, 0.1) is 11.3 Å². The zero-order valence-electron chi connectivity index (χ0n) is 18.6. The first-order valence-electron chi connectivity index (χ1n) is 11.0. The molecule has 2 heterocycles. The van der Waals surface area contributed by atoms with Gasteiger partial charge in [0.2, 0.25) is 5.91 Å². The summed E-state index contributed by atoms with van der Waals surface area (Å²) in [6.07, 6.45) is 7.41. The van der Waals surface area contributed by atoms with Gasteiger partial charge in [-0.2, -0.15) is 5.26 Å². The Morgan fingerprint density at radius 1 is 1.18 bits per heavy atom. The zero-order valence-corrected chi connectivity index (χ0v) is 18.6. The summed E-state index contributed by atoms with van der Waals surface area (Å²) < 4.78 is 7.51. The lowest BCUT2D eigenvalue weighted by molar-refractivity contribution is -0.124. The molecular formula is C27H26N4O2. The predicted molar refractivity (Wildman–Crippen MR) is 129 cm³/mol. The SMILES string of the molecule is CN(CCCc1cc(-c2ccccc2)no1)C(=O)/C=C/c1cn(CCC#N)c2ccccc12. The zero-order chi connectivity index (χ0) is 23.0. The second-order valence-corrected chi connectivity index (χ2v) is 7.94. The normalized spacial score (nSPS) is 11.2. The lowest BCUT2D eigenvalue weighted by Crippen LogP contribution is -2.26. The number of benzene rings is 2. The van der Waals surface area contributed by atoms with Crippen LogP contribution in [0.1, 0.15) is 24.2 Å². The van der Waals surface area contributed by atoms with Crippen molar-refractivity contribution in [1.82, 2.24) is 14.6 Å². The van der Waals surface area contributed by atoms with E-state index in [0.29, 0.717) is 25.9 Å². The van der Waals surface area contributed by atoms with Crippen LogP contribution >= 0.6 is 0 Å². The van der Waals surface area contributed by atoms with Crippen molar-refractivity contribution in [2.75, 3.05) is 13.6 Å². The molecule has 0 atom stereocenters. The Bertz CT molecular complexity index is 1290. The van der Waals surface area contributed by atoms with Gasteiger partial charge in [-0.3, -0.25) is 4.79 Å². The Morgan fingerprint density at radius 3 is 2.79 bits per heavy atom. The third-order valence-corrected chi connectivity index (χ3v) is 5.61. The van der Waals surface area contributed by atoms with Crippen molar-refractivity contribution in [2.24, 2.45) is 0 Å². The van der Waals surface area contributed by atoms with Crippen molar-refractivity contribution in [3.8, 4) is 17.3 Å². The summed E-state index contributed by atoms with van der Waals surface area (Å²) in [5.74, 6) is 0.766. The molecule has 0 N–H and O–H groups in total. The van der Waals surface area contributed by atoms with Gasteiger partial charge in [0, 0.05) is 66.9 Å². The molecule has 0 radical (unpaired) electrons. The molecule has 0 fully saturated rings. The molecule has 33 heavy (non-hydrogen) atoms. The topological polar surface area (TPSA) is 75.1 Å². The van der Waals surface area contributed by atoms with Crippen molar-refractivity contribution >= 4 is 22.9 Å². The summed E-state index contributed by atoms with van der Waals surface area (Å²) in [6.45, 7) is 1.25. The van der Waals surface area contributed by atoms with Crippen LogP contribution in [0.5, 0.6) is 0 Å². The van der Waals surface area contributed by atoms with E-state index in [1.165, 1.54) is 0 Å². The number of fused-ring (bicyclic) bond motifs is 1. The summed E-state index contributed by atoms with van der Waals surface area (Å²) in [5.41, 5.74) is 3.89. The highest BCUT2D eigenvalue weighted by atomic mass is 16.5. The molecule has 1 amide bonds. The molecule has 2 aromatic heterocycles. The lowest BCUT2D eigenvalue weighted by atomic mass is 10.1. The van der Waals surface area contributed by atoms with Gasteiger partial charge in [-0.05, 0) is 18.6 Å². The van der Waals surface area contributed by atoms with E-state index >= 15 is 0 Å². The maximum absolute atomic E-state index is 12.6. The van der Waals surface area contributed by atoms with Gasteiger partial charge in [-0.15, -0.1) is 0 Å². The number of aryl methyl sites for hydroxylation is 2. The van der Waals surface area contributed by atoms with Crippen LogP contribution in [0.15, 0.2) is 77.5 Å². The number of aromatic nitrogens is 2. The van der Waals surface area contributed by atoms with Crippen LogP contribution in [-0.2, 0) is 17.8 Å². The number of hydrogen-bond acceptors (Lipinski definition) is 4. The molecule has 0 bridgehead atoms. The summed E-state index contributed by atoms with van der Waals surface area (Å²) in [6, 6.07) is 22.1. The predicted octanol–water partition coefficient (Wildman–Crippen LogP) is 5.31. The van der Waals surface area contributed by atoms with Crippen molar-refractivity contribution in [3.05, 3.63) is 84.3 Å². The Kier molecular flexibility index (Phi) is 7.01. The third-order valence-electron chi connectivity index (χ3n) is 5.61. The molecule has 0 spiro atoms. The first-order chi connectivity index (χ1) is 16.2. The van der Waals surface area contributed by atoms with E-state index in [0.717, 1.165) is 39.9 Å². The Hall–Kier alpha value is -4.11. The smallest absolute Gasteiger partial charge is 0.246 e. The molecule has 0 aliphatic carbocycles. The monoisotopic (exact) mass is 438 g/mol. The van der Waals surface area contributed by atoms with Crippen molar-refractivity contribution < 1.29 is 9.32 Å². The van der Waals surface area contributed by atoms with Gasteiger partial charge in [0.1, 0.15) is 11.5 Å². The Balaban J connectivity index is 1.33. The van der Waals surface area contributed by atoms with E-state index in [2.05, 4.69) is 15.8 Å². The number of nitriles is 1. The maximum atomic E-state index is 12.6. The van der Waals surface area contributed by atoms with Crippen LogP contribution in [0.4, 0.5) is 0 Å². The van der Waals surface area contributed by atoms with Gasteiger partial charge in [0.25, 0.3) is 0 Å². The van der Waals surface area contributed by atoms with Crippen LogP contribution in [0.25, 0.3) is 28.2 Å². The average Bonchev–Trinajstić information content (AvgIpc) is 3.46. The van der Waals surface area contributed by atoms with Crippen LogP contribution in [-0.4, -0.2) is 34.1 Å². The molecule has 4 rings (SSSR count). The molecule has 0 saturated heterocycles. The number of carbonyl (C=O) groups is 1. The molecule has 6 heteroatoms. The van der Waals surface area contributed by atoms with E-state index in [-0.39, 0.29) is 5.91 Å². The summed E-state index contributed by atoms with van der Waals surface area (Å²) in [7, 11) is 1.80. The number of nitrogens with zero attached hydrogens (tertiary/aromatic N) is 4. The molecule has 0 unspecified atom stereocenters. The van der Waals surface area contributed by atoms with Crippen molar-refractivity contribution in [3.63, 3.8) is 0 Å². The van der Waals surface area contributed by atoms with E-state index in [1.807, 2.05) is 72.9 Å². The molecule has 0 saturated carbocycles.